The Balaban J connectivity index is 1.87. The molecule has 0 saturated heterocycles. The summed E-state index contributed by atoms with van der Waals surface area (Å²) in [5.74, 6) is -0.0554. The van der Waals surface area contributed by atoms with E-state index in [0.717, 1.165) is 16.9 Å². The van der Waals surface area contributed by atoms with Crippen LogP contribution in [0.5, 0.6) is 0 Å². The van der Waals surface area contributed by atoms with E-state index in [4.69, 9.17) is 11.6 Å². The second-order valence-corrected chi connectivity index (χ2v) is 6.24. The van der Waals surface area contributed by atoms with E-state index in [-0.39, 0.29) is 5.78 Å². The number of nitrogens with one attached hydrogen (secondary N) is 1. The maximum atomic E-state index is 12.7. The molecule has 0 amide bonds. The van der Waals surface area contributed by atoms with E-state index in [1.807, 2.05) is 62.4 Å². The second kappa shape index (κ2) is 6.90. The van der Waals surface area contributed by atoms with Gasteiger partial charge in [0, 0.05) is 22.5 Å². The Kier molecular flexibility index (Phi) is 4.68. The Morgan fingerprint density at radius 2 is 1.58 bits per heavy atom. The number of ketones is 1. The minimum atomic E-state index is -0.0554. The third-order valence-corrected chi connectivity index (χ3v) is 4.22. The molecule has 3 rings (SSSR count). The first-order valence-electron chi connectivity index (χ1n) is 7.78. The average Bonchev–Trinajstić information content (AvgIpc) is 2.55. The number of rotatable bonds is 4. The van der Waals surface area contributed by atoms with E-state index in [9.17, 15) is 4.79 Å². The lowest BCUT2D eigenvalue weighted by Crippen LogP contribution is -2.04. The number of hydrogen-bond acceptors (Lipinski definition) is 2. The summed E-state index contributed by atoms with van der Waals surface area (Å²) < 4.78 is 0. The summed E-state index contributed by atoms with van der Waals surface area (Å²) in [7, 11) is 0. The van der Waals surface area contributed by atoms with Crippen molar-refractivity contribution in [1.29, 1.82) is 0 Å². The summed E-state index contributed by atoms with van der Waals surface area (Å²) in [5, 5.41) is 3.75. The van der Waals surface area contributed by atoms with Crippen molar-refractivity contribution in [2.75, 3.05) is 5.32 Å². The summed E-state index contributed by atoms with van der Waals surface area (Å²) in [6, 6.07) is 21.1. The van der Waals surface area contributed by atoms with Crippen LogP contribution in [0.25, 0.3) is 0 Å². The molecule has 0 atom stereocenters. The van der Waals surface area contributed by atoms with Crippen LogP contribution in [-0.2, 0) is 0 Å². The summed E-state index contributed by atoms with van der Waals surface area (Å²) in [6.07, 6.45) is 0. The fourth-order valence-corrected chi connectivity index (χ4v) is 2.91. The molecule has 3 aromatic carbocycles. The number of carbonyl (C=O) groups excluding carboxylic acids is 1. The van der Waals surface area contributed by atoms with Crippen LogP contribution in [0.4, 0.5) is 11.4 Å². The molecule has 0 aromatic heterocycles. The quantitative estimate of drug-likeness (QED) is 0.598. The molecule has 2 nitrogen and oxygen atoms in total. The van der Waals surface area contributed by atoms with Crippen molar-refractivity contribution < 1.29 is 4.79 Å². The minimum absolute atomic E-state index is 0.0554. The minimum Gasteiger partial charge on any atom is -0.355 e. The standard InChI is InChI=1S/C21H18ClNO/c1-14-6-5-8-16(12-14)23-17-10-11-19(20(22)13-17)21(24)18-9-4-3-7-15(18)2/h3-13,23H,1-2H3. The first kappa shape index (κ1) is 16.3. The molecule has 0 spiro atoms. The highest BCUT2D eigenvalue weighted by molar-refractivity contribution is 6.35. The highest BCUT2D eigenvalue weighted by atomic mass is 35.5. The molecule has 0 bridgehead atoms. The van der Waals surface area contributed by atoms with Crippen molar-refractivity contribution in [1.82, 2.24) is 0 Å². The maximum Gasteiger partial charge on any atom is 0.194 e. The normalized spacial score (nSPS) is 10.5. The second-order valence-electron chi connectivity index (χ2n) is 5.83. The van der Waals surface area contributed by atoms with Gasteiger partial charge in [0.25, 0.3) is 0 Å². The van der Waals surface area contributed by atoms with Gasteiger partial charge in [-0.15, -0.1) is 0 Å². The van der Waals surface area contributed by atoms with Crippen LogP contribution in [-0.4, -0.2) is 5.78 Å². The average molecular weight is 336 g/mol. The summed E-state index contributed by atoms with van der Waals surface area (Å²) >= 11 is 6.36. The lowest BCUT2D eigenvalue weighted by atomic mass is 9.99. The van der Waals surface area contributed by atoms with E-state index < -0.39 is 0 Å². The van der Waals surface area contributed by atoms with Gasteiger partial charge in [0.15, 0.2) is 5.78 Å². The van der Waals surface area contributed by atoms with Crippen LogP contribution in [0.1, 0.15) is 27.0 Å². The summed E-state index contributed by atoms with van der Waals surface area (Å²) in [6.45, 7) is 3.97. The Hall–Kier alpha value is -2.58. The van der Waals surface area contributed by atoms with Gasteiger partial charge in [-0.1, -0.05) is 48.0 Å². The van der Waals surface area contributed by atoms with Crippen molar-refractivity contribution in [2.45, 2.75) is 13.8 Å². The van der Waals surface area contributed by atoms with Crippen LogP contribution in [0.15, 0.2) is 66.7 Å². The van der Waals surface area contributed by atoms with Gasteiger partial charge in [0.1, 0.15) is 0 Å². The van der Waals surface area contributed by atoms with Crippen molar-refractivity contribution in [3.8, 4) is 0 Å². The number of hydrogen-bond donors (Lipinski definition) is 1. The highest BCUT2D eigenvalue weighted by Crippen LogP contribution is 2.26. The molecule has 0 radical (unpaired) electrons. The third-order valence-electron chi connectivity index (χ3n) is 3.91. The van der Waals surface area contributed by atoms with Crippen LogP contribution >= 0.6 is 11.6 Å². The fourth-order valence-electron chi connectivity index (χ4n) is 2.64. The number of anilines is 2. The van der Waals surface area contributed by atoms with Crippen molar-refractivity contribution in [2.24, 2.45) is 0 Å². The van der Waals surface area contributed by atoms with Crippen molar-refractivity contribution >= 4 is 28.8 Å². The van der Waals surface area contributed by atoms with E-state index in [1.165, 1.54) is 5.56 Å². The van der Waals surface area contributed by atoms with E-state index in [0.29, 0.717) is 16.1 Å². The third kappa shape index (κ3) is 3.50. The molecule has 24 heavy (non-hydrogen) atoms. The van der Waals surface area contributed by atoms with Gasteiger partial charge >= 0.3 is 0 Å². The van der Waals surface area contributed by atoms with E-state index in [1.54, 1.807) is 12.1 Å². The van der Waals surface area contributed by atoms with Gasteiger partial charge in [-0.2, -0.15) is 0 Å². The molecule has 1 N–H and O–H groups in total. The number of halogens is 1. The van der Waals surface area contributed by atoms with Crippen LogP contribution in [0.2, 0.25) is 5.02 Å². The van der Waals surface area contributed by atoms with Crippen LogP contribution in [0, 0.1) is 13.8 Å². The summed E-state index contributed by atoms with van der Waals surface area (Å²) in [4.78, 5) is 12.7. The van der Waals surface area contributed by atoms with Gasteiger partial charge in [-0.3, -0.25) is 4.79 Å². The largest absolute Gasteiger partial charge is 0.355 e. The molecule has 0 aliphatic carbocycles. The first-order valence-corrected chi connectivity index (χ1v) is 8.16. The molecular formula is C21H18ClNO. The van der Waals surface area contributed by atoms with Crippen molar-refractivity contribution in [3.63, 3.8) is 0 Å². The Labute approximate surface area is 147 Å². The number of benzene rings is 3. The Morgan fingerprint density at radius 3 is 2.29 bits per heavy atom. The summed E-state index contributed by atoms with van der Waals surface area (Å²) in [5.41, 5.74) is 5.16. The molecule has 0 fully saturated rings. The van der Waals surface area contributed by atoms with Crippen molar-refractivity contribution in [3.05, 3.63) is 94.0 Å². The van der Waals surface area contributed by atoms with E-state index in [2.05, 4.69) is 11.4 Å². The van der Waals surface area contributed by atoms with Crippen LogP contribution in [0.3, 0.4) is 0 Å². The molecular weight excluding hydrogens is 318 g/mol. The lowest BCUT2D eigenvalue weighted by molar-refractivity contribution is 0.103. The predicted octanol–water partition coefficient (Wildman–Crippen LogP) is 5.93. The smallest absolute Gasteiger partial charge is 0.194 e. The monoisotopic (exact) mass is 335 g/mol. The Morgan fingerprint density at radius 1 is 0.833 bits per heavy atom. The molecule has 3 heteroatoms. The van der Waals surface area contributed by atoms with Gasteiger partial charge in [0.05, 0.1) is 5.02 Å². The SMILES string of the molecule is Cc1cccc(Nc2ccc(C(=O)c3ccccc3C)c(Cl)c2)c1. The van der Waals surface area contributed by atoms with Gasteiger partial charge in [-0.25, -0.2) is 0 Å². The zero-order valence-corrected chi connectivity index (χ0v) is 14.4. The predicted molar refractivity (Wildman–Crippen MR) is 101 cm³/mol. The number of aryl methyl sites for hydroxylation is 2. The first-order chi connectivity index (χ1) is 11.5. The zero-order chi connectivity index (χ0) is 17.1. The van der Waals surface area contributed by atoms with E-state index >= 15 is 0 Å². The Bertz CT molecular complexity index is 902. The lowest BCUT2D eigenvalue weighted by Gasteiger charge is -2.11. The highest BCUT2D eigenvalue weighted by Gasteiger charge is 2.15. The molecule has 0 aliphatic heterocycles. The fraction of sp³-hybridized carbons (Fsp3) is 0.0952. The molecule has 0 heterocycles. The molecule has 0 aliphatic rings. The van der Waals surface area contributed by atoms with Gasteiger partial charge < -0.3 is 5.32 Å². The molecule has 120 valence electrons. The maximum absolute atomic E-state index is 12.7. The molecule has 0 unspecified atom stereocenters. The topological polar surface area (TPSA) is 29.1 Å². The molecule has 0 saturated carbocycles. The zero-order valence-electron chi connectivity index (χ0n) is 13.6. The molecule has 3 aromatic rings. The van der Waals surface area contributed by atoms with Gasteiger partial charge in [-0.05, 0) is 55.3 Å². The van der Waals surface area contributed by atoms with Crippen LogP contribution < -0.4 is 5.32 Å². The number of carbonyl (C=O) groups is 1. The van der Waals surface area contributed by atoms with Gasteiger partial charge in [0.2, 0.25) is 0 Å².